The van der Waals surface area contributed by atoms with Gasteiger partial charge in [0.05, 0.1) is 12.0 Å². The Bertz CT molecular complexity index is 961. The van der Waals surface area contributed by atoms with Gasteiger partial charge in [0.1, 0.15) is 0 Å². The maximum absolute atomic E-state index is 13.1. The molecule has 0 spiro atoms. The SMILES string of the molecule is Cc1ccc(CN2C[C@H](C(=O)NC(c3ccccc3)c3ccccc3)CC2=O)cc1. The van der Waals surface area contributed by atoms with Crippen LogP contribution in [0.2, 0.25) is 0 Å². The van der Waals surface area contributed by atoms with Crippen LogP contribution in [0.25, 0.3) is 0 Å². The Hall–Kier alpha value is -3.40. The van der Waals surface area contributed by atoms with E-state index in [1.165, 1.54) is 5.56 Å². The van der Waals surface area contributed by atoms with Gasteiger partial charge in [-0.15, -0.1) is 0 Å². The van der Waals surface area contributed by atoms with Crippen molar-refractivity contribution >= 4 is 11.8 Å². The molecule has 1 heterocycles. The molecule has 1 aliphatic heterocycles. The van der Waals surface area contributed by atoms with Crippen molar-refractivity contribution in [1.29, 1.82) is 0 Å². The van der Waals surface area contributed by atoms with Gasteiger partial charge in [0.2, 0.25) is 11.8 Å². The van der Waals surface area contributed by atoms with Gasteiger partial charge >= 0.3 is 0 Å². The number of carbonyl (C=O) groups is 2. The Kier molecular flexibility index (Phi) is 5.94. The van der Waals surface area contributed by atoms with Gasteiger partial charge in [-0.1, -0.05) is 90.5 Å². The summed E-state index contributed by atoms with van der Waals surface area (Å²) in [7, 11) is 0. The van der Waals surface area contributed by atoms with E-state index in [1.54, 1.807) is 4.90 Å². The summed E-state index contributed by atoms with van der Waals surface area (Å²) in [6.45, 7) is 3.04. The van der Waals surface area contributed by atoms with Crippen molar-refractivity contribution < 1.29 is 9.59 Å². The third-order valence-electron chi connectivity index (χ3n) is 5.63. The van der Waals surface area contributed by atoms with Crippen LogP contribution in [0.3, 0.4) is 0 Å². The van der Waals surface area contributed by atoms with Crippen molar-refractivity contribution in [1.82, 2.24) is 10.2 Å². The molecule has 2 amide bonds. The lowest BCUT2D eigenvalue weighted by molar-refractivity contribution is -0.129. The highest BCUT2D eigenvalue weighted by molar-refractivity contribution is 5.89. The van der Waals surface area contributed by atoms with E-state index in [1.807, 2.05) is 91.9 Å². The van der Waals surface area contributed by atoms with Crippen molar-refractivity contribution in [3.05, 3.63) is 107 Å². The molecular formula is C26H26N2O2. The van der Waals surface area contributed by atoms with E-state index in [-0.39, 0.29) is 30.2 Å². The molecule has 1 N–H and O–H groups in total. The van der Waals surface area contributed by atoms with Crippen LogP contribution in [0.15, 0.2) is 84.9 Å². The van der Waals surface area contributed by atoms with E-state index < -0.39 is 0 Å². The first-order chi connectivity index (χ1) is 14.6. The lowest BCUT2D eigenvalue weighted by atomic mass is 9.97. The predicted molar refractivity (Wildman–Crippen MR) is 118 cm³/mol. The molecule has 4 heteroatoms. The van der Waals surface area contributed by atoms with Crippen LogP contribution in [0.4, 0.5) is 0 Å². The molecule has 0 aromatic heterocycles. The molecule has 1 fully saturated rings. The first kappa shape index (κ1) is 19.9. The van der Waals surface area contributed by atoms with Crippen LogP contribution in [0.1, 0.15) is 34.7 Å². The second-order valence-corrected chi connectivity index (χ2v) is 7.92. The summed E-state index contributed by atoms with van der Waals surface area (Å²) in [6, 6.07) is 27.8. The molecule has 1 saturated heterocycles. The van der Waals surface area contributed by atoms with Gasteiger partial charge < -0.3 is 10.2 Å². The molecular weight excluding hydrogens is 372 g/mol. The number of benzene rings is 3. The second-order valence-electron chi connectivity index (χ2n) is 7.92. The fourth-order valence-corrected chi connectivity index (χ4v) is 3.92. The Morgan fingerprint density at radius 1 is 0.933 bits per heavy atom. The molecule has 0 aliphatic carbocycles. The minimum absolute atomic E-state index is 0.0340. The number of hydrogen-bond donors (Lipinski definition) is 1. The van der Waals surface area contributed by atoms with Crippen LogP contribution >= 0.6 is 0 Å². The number of hydrogen-bond acceptors (Lipinski definition) is 2. The highest BCUT2D eigenvalue weighted by Gasteiger charge is 2.35. The van der Waals surface area contributed by atoms with Crippen LogP contribution in [0.5, 0.6) is 0 Å². The van der Waals surface area contributed by atoms with Crippen molar-refractivity contribution in [2.24, 2.45) is 5.92 Å². The summed E-state index contributed by atoms with van der Waals surface area (Å²) in [5, 5.41) is 3.19. The number of likely N-dealkylation sites (tertiary alicyclic amines) is 1. The maximum Gasteiger partial charge on any atom is 0.226 e. The average molecular weight is 399 g/mol. The van der Waals surface area contributed by atoms with Gasteiger partial charge in [0.25, 0.3) is 0 Å². The normalized spacial score (nSPS) is 16.1. The molecule has 30 heavy (non-hydrogen) atoms. The maximum atomic E-state index is 13.1. The molecule has 4 rings (SSSR count). The molecule has 3 aromatic rings. The summed E-state index contributed by atoms with van der Waals surface area (Å²) in [6.07, 6.45) is 0.258. The van der Waals surface area contributed by atoms with Crippen LogP contribution in [-0.4, -0.2) is 23.3 Å². The smallest absolute Gasteiger partial charge is 0.226 e. The lowest BCUT2D eigenvalue weighted by Crippen LogP contribution is -2.36. The molecule has 3 aromatic carbocycles. The van der Waals surface area contributed by atoms with Crippen LogP contribution in [0, 0.1) is 12.8 Å². The number of carbonyl (C=O) groups excluding carboxylic acids is 2. The quantitative estimate of drug-likeness (QED) is 0.675. The third kappa shape index (κ3) is 4.60. The monoisotopic (exact) mass is 398 g/mol. The fraction of sp³-hybridized carbons (Fsp3) is 0.231. The van der Waals surface area contributed by atoms with E-state index >= 15 is 0 Å². The highest BCUT2D eigenvalue weighted by Crippen LogP contribution is 2.25. The number of amides is 2. The molecule has 1 atom stereocenters. The first-order valence-corrected chi connectivity index (χ1v) is 10.3. The van der Waals surface area contributed by atoms with Crippen molar-refractivity contribution in [3.63, 3.8) is 0 Å². The zero-order valence-electron chi connectivity index (χ0n) is 17.1. The highest BCUT2D eigenvalue weighted by atomic mass is 16.2. The standard InChI is InChI=1S/C26H26N2O2/c1-19-12-14-20(15-13-19)17-28-18-23(16-24(28)29)26(30)27-25(21-8-4-2-5-9-21)22-10-6-3-7-11-22/h2-15,23,25H,16-18H2,1H3,(H,27,30)/t23-/m1/s1. The van der Waals surface area contributed by atoms with E-state index in [4.69, 9.17) is 0 Å². The van der Waals surface area contributed by atoms with E-state index in [0.29, 0.717) is 13.1 Å². The Balaban J connectivity index is 1.46. The number of aryl methyl sites for hydroxylation is 1. The number of rotatable bonds is 6. The van der Waals surface area contributed by atoms with Crippen molar-refractivity contribution in [2.45, 2.75) is 25.9 Å². The molecule has 4 nitrogen and oxygen atoms in total. The van der Waals surface area contributed by atoms with E-state index in [0.717, 1.165) is 16.7 Å². The molecule has 0 unspecified atom stereocenters. The fourth-order valence-electron chi connectivity index (χ4n) is 3.92. The average Bonchev–Trinajstić information content (AvgIpc) is 3.15. The van der Waals surface area contributed by atoms with Gasteiger partial charge in [-0.25, -0.2) is 0 Å². The predicted octanol–water partition coefficient (Wildman–Crippen LogP) is 4.25. The van der Waals surface area contributed by atoms with Crippen molar-refractivity contribution in [3.8, 4) is 0 Å². The first-order valence-electron chi connectivity index (χ1n) is 10.3. The lowest BCUT2D eigenvalue weighted by Gasteiger charge is -2.22. The molecule has 1 aliphatic rings. The summed E-state index contributed by atoms with van der Waals surface area (Å²) in [4.78, 5) is 27.4. The number of nitrogens with zero attached hydrogens (tertiary/aromatic N) is 1. The van der Waals surface area contributed by atoms with Gasteiger partial charge in [-0.3, -0.25) is 9.59 Å². The third-order valence-corrected chi connectivity index (χ3v) is 5.63. The minimum Gasteiger partial charge on any atom is -0.345 e. The second kappa shape index (κ2) is 8.95. The topological polar surface area (TPSA) is 49.4 Å². The van der Waals surface area contributed by atoms with Crippen LogP contribution in [-0.2, 0) is 16.1 Å². The van der Waals surface area contributed by atoms with Gasteiger partial charge in [-0.2, -0.15) is 0 Å². The zero-order valence-corrected chi connectivity index (χ0v) is 17.1. The van der Waals surface area contributed by atoms with Gasteiger partial charge in [-0.05, 0) is 23.6 Å². The summed E-state index contributed by atoms with van der Waals surface area (Å²) in [5.41, 5.74) is 4.33. The zero-order chi connectivity index (χ0) is 20.9. The molecule has 0 bridgehead atoms. The van der Waals surface area contributed by atoms with E-state index in [9.17, 15) is 9.59 Å². The molecule has 0 saturated carbocycles. The number of nitrogens with one attached hydrogen (secondary N) is 1. The minimum atomic E-state index is -0.335. The summed E-state index contributed by atoms with van der Waals surface area (Å²) < 4.78 is 0. The summed E-state index contributed by atoms with van der Waals surface area (Å²) >= 11 is 0. The Labute approximate surface area is 177 Å². The van der Waals surface area contributed by atoms with E-state index in [2.05, 4.69) is 5.32 Å². The largest absolute Gasteiger partial charge is 0.345 e. The van der Waals surface area contributed by atoms with Gasteiger partial charge in [0.15, 0.2) is 0 Å². The Morgan fingerprint density at radius 3 is 2.07 bits per heavy atom. The molecule has 0 radical (unpaired) electrons. The van der Waals surface area contributed by atoms with Gasteiger partial charge in [0, 0.05) is 19.5 Å². The summed E-state index contributed by atoms with van der Waals surface area (Å²) in [5.74, 6) is -0.378. The van der Waals surface area contributed by atoms with Crippen LogP contribution < -0.4 is 5.32 Å². The Morgan fingerprint density at radius 2 is 1.50 bits per heavy atom. The van der Waals surface area contributed by atoms with Crippen molar-refractivity contribution in [2.75, 3.05) is 6.54 Å². The molecule has 152 valence electrons.